The molecule has 1 atom stereocenters. The smallest absolute Gasteiger partial charge is 0.248 e. The van der Waals surface area contributed by atoms with Crippen molar-refractivity contribution in [2.45, 2.75) is 18.4 Å². The minimum Gasteiger partial charge on any atom is -0.372 e. The Morgan fingerprint density at radius 3 is 2.85 bits per heavy atom. The first kappa shape index (κ1) is 13.5. The number of nitrogens with two attached hydrogens (primary N) is 1. The van der Waals surface area contributed by atoms with Crippen molar-refractivity contribution in [3.8, 4) is 0 Å². The van der Waals surface area contributed by atoms with E-state index in [0.717, 1.165) is 12.8 Å². The summed E-state index contributed by atoms with van der Waals surface area (Å²) in [4.78, 5) is 11.9. The van der Waals surface area contributed by atoms with E-state index in [9.17, 15) is 9.18 Å². The maximum absolute atomic E-state index is 14.3. The van der Waals surface area contributed by atoms with Gasteiger partial charge in [-0.2, -0.15) is 0 Å². The van der Waals surface area contributed by atoms with E-state index in [1.54, 1.807) is 0 Å². The van der Waals surface area contributed by atoms with Crippen LogP contribution in [0.3, 0.4) is 0 Å². The molecule has 1 aromatic carbocycles. The lowest BCUT2D eigenvalue weighted by atomic mass is 9.83. The Morgan fingerprint density at radius 2 is 2.25 bits per heavy atom. The highest BCUT2D eigenvalue weighted by Gasteiger charge is 2.50. The first-order chi connectivity index (χ1) is 9.53. The topological polar surface area (TPSA) is 64.4 Å². The number of carbonyl (C=O) groups excluding carboxylic acids is 1. The summed E-state index contributed by atoms with van der Waals surface area (Å²) in [6.45, 7) is 0.692. The number of rotatable bonds is 3. The molecule has 1 aliphatic heterocycles. The first-order valence-electron chi connectivity index (χ1n) is 6.51. The van der Waals surface area contributed by atoms with Gasteiger partial charge in [-0.1, -0.05) is 12.2 Å². The van der Waals surface area contributed by atoms with Crippen LogP contribution < -0.4 is 11.1 Å². The van der Waals surface area contributed by atoms with Crippen LogP contribution in [0.1, 0.15) is 28.8 Å². The lowest BCUT2D eigenvalue weighted by Crippen LogP contribution is -2.56. The van der Waals surface area contributed by atoms with Crippen molar-refractivity contribution in [2.75, 3.05) is 13.2 Å². The molecule has 0 spiro atoms. The fraction of sp³-hybridized carbons (Fsp3) is 0.429. The Kier molecular flexibility index (Phi) is 3.22. The van der Waals surface area contributed by atoms with Gasteiger partial charge < -0.3 is 15.8 Å². The largest absolute Gasteiger partial charge is 0.372 e. The molecule has 4 nitrogen and oxygen atoms in total. The second-order valence-electron chi connectivity index (χ2n) is 5.35. The molecule has 1 amide bonds. The summed E-state index contributed by atoms with van der Waals surface area (Å²) in [5.41, 5.74) is 5.32. The number of halogens is 1. The molecule has 1 saturated carbocycles. The van der Waals surface area contributed by atoms with Gasteiger partial charge in [0.15, 0.2) is 0 Å². The van der Waals surface area contributed by atoms with Gasteiger partial charge in [0, 0.05) is 11.1 Å². The Morgan fingerprint density at radius 1 is 1.50 bits per heavy atom. The zero-order chi connectivity index (χ0) is 14.3. The normalized spacial score (nSPS) is 26.1. The van der Waals surface area contributed by atoms with Crippen LogP contribution in [0.4, 0.5) is 4.39 Å². The molecule has 1 aromatic rings. The fourth-order valence-electron chi connectivity index (χ4n) is 2.81. The van der Waals surface area contributed by atoms with Crippen molar-refractivity contribution in [3.05, 3.63) is 35.1 Å². The average molecular weight is 294 g/mol. The van der Waals surface area contributed by atoms with Crippen molar-refractivity contribution >= 4 is 23.1 Å². The fourth-order valence-corrected chi connectivity index (χ4v) is 3.07. The van der Waals surface area contributed by atoms with Crippen LogP contribution in [0.15, 0.2) is 18.2 Å². The number of hydrogen-bond donors (Lipinski definition) is 2. The van der Waals surface area contributed by atoms with E-state index < -0.39 is 11.4 Å². The second kappa shape index (κ2) is 4.79. The third kappa shape index (κ3) is 2.19. The van der Waals surface area contributed by atoms with Crippen LogP contribution in [0.5, 0.6) is 0 Å². The Bertz CT molecular complexity index is 589. The van der Waals surface area contributed by atoms with Gasteiger partial charge in [-0.05, 0) is 37.0 Å². The van der Waals surface area contributed by atoms with Crippen molar-refractivity contribution in [1.29, 1.82) is 0 Å². The maximum atomic E-state index is 14.3. The predicted octanol–water partition coefficient (Wildman–Crippen LogP) is 1.48. The van der Waals surface area contributed by atoms with Gasteiger partial charge in [-0.15, -0.1) is 0 Å². The summed E-state index contributed by atoms with van der Waals surface area (Å²) in [5.74, 6) is -0.683. The van der Waals surface area contributed by atoms with Gasteiger partial charge in [0.25, 0.3) is 0 Å². The highest BCUT2D eigenvalue weighted by Crippen LogP contribution is 2.47. The molecule has 0 bridgehead atoms. The van der Waals surface area contributed by atoms with E-state index in [1.165, 1.54) is 18.2 Å². The van der Waals surface area contributed by atoms with Gasteiger partial charge in [-0.3, -0.25) is 4.79 Å². The Hall–Kier alpha value is -1.53. The SMILES string of the molecule is NC(=O)c1ccc(F)c([C@@]2(C3CC3)COCC(=S)N2)c1. The molecule has 1 heterocycles. The van der Waals surface area contributed by atoms with Gasteiger partial charge in [0.2, 0.25) is 5.91 Å². The van der Waals surface area contributed by atoms with Gasteiger partial charge in [-0.25, -0.2) is 4.39 Å². The molecule has 0 aromatic heterocycles. The molecule has 3 N–H and O–H groups in total. The standard InChI is InChI=1S/C14H15FN2O2S/c15-11-4-1-8(13(16)18)5-10(11)14(9-2-3-9)7-19-6-12(20)17-14/h1,4-5,9H,2-3,6-7H2,(H2,16,18)(H,17,20)/t14-/m0/s1. The average Bonchev–Trinajstić information content (AvgIpc) is 3.23. The Labute approximate surface area is 121 Å². The first-order valence-corrected chi connectivity index (χ1v) is 6.92. The zero-order valence-corrected chi connectivity index (χ0v) is 11.6. The van der Waals surface area contributed by atoms with Crippen LogP contribution >= 0.6 is 12.2 Å². The molecular formula is C14H15FN2O2S. The Balaban J connectivity index is 2.09. The summed E-state index contributed by atoms with van der Waals surface area (Å²) in [5, 5.41) is 3.23. The summed E-state index contributed by atoms with van der Waals surface area (Å²) in [6.07, 6.45) is 1.97. The summed E-state index contributed by atoms with van der Waals surface area (Å²) < 4.78 is 19.8. The number of carbonyl (C=O) groups is 1. The van der Waals surface area contributed by atoms with Crippen molar-refractivity contribution < 1.29 is 13.9 Å². The third-order valence-corrected chi connectivity index (χ3v) is 4.15. The number of ether oxygens (including phenoxy) is 1. The second-order valence-corrected chi connectivity index (χ2v) is 5.84. The van der Waals surface area contributed by atoms with Gasteiger partial charge in [0.05, 0.1) is 18.8 Å². The molecule has 1 saturated heterocycles. The molecule has 1 aliphatic carbocycles. The number of hydrogen-bond acceptors (Lipinski definition) is 3. The minimum absolute atomic E-state index is 0.262. The molecular weight excluding hydrogens is 279 g/mol. The van der Waals surface area contributed by atoms with E-state index >= 15 is 0 Å². The molecule has 2 aliphatic rings. The highest BCUT2D eigenvalue weighted by atomic mass is 32.1. The van der Waals surface area contributed by atoms with Crippen LogP contribution in [0.2, 0.25) is 0 Å². The molecule has 106 valence electrons. The maximum Gasteiger partial charge on any atom is 0.248 e. The van der Waals surface area contributed by atoms with Crippen LogP contribution in [0, 0.1) is 11.7 Å². The number of amides is 1. The van der Waals surface area contributed by atoms with Crippen molar-refractivity contribution in [1.82, 2.24) is 5.32 Å². The van der Waals surface area contributed by atoms with Crippen molar-refractivity contribution in [3.63, 3.8) is 0 Å². The molecule has 2 fully saturated rings. The highest BCUT2D eigenvalue weighted by molar-refractivity contribution is 7.80. The lowest BCUT2D eigenvalue weighted by molar-refractivity contribution is 0.0639. The predicted molar refractivity (Wildman–Crippen MR) is 75.9 cm³/mol. The van der Waals surface area contributed by atoms with E-state index in [4.69, 9.17) is 22.7 Å². The minimum atomic E-state index is -0.676. The molecule has 3 rings (SSSR count). The molecule has 6 heteroatoms. The number of thiocarbonyl (C=S) groups is 1. The summed E-state index contributed by atoms with van der Waals surface area (Å²) in [7, 11) is 0. The molecule has 20 heavy (non-hydrogen) atoms. The summed E-state index contributed by atoms with van der Waals surface area (Å²) in [6, 6.07) is 4.18. The molecule has 0 unspecified atom stereocenters. The summed E-state index contributed by atoms with van der Waals surface area (Å²) >= 11 is 5.18. The van der Waals surface area contributed by atoms with E-state index in [2.05, 4.69) is 5.32 Å². The van der Waals surface area contributed by atoms with Crippen LogP contribution in [0.25, 0.3) is 0 Å². The van der Waals surface area contributed by atoms with Crippen LogP contribution in [-0.4, -0.2) is 24.1 Å². The third-order valence-electron chi connectivity index (χ3n) is 3.93. The zero-order valence-electron chi connectivity index (χ0n) is 10.8. The lowest BCUT2D eigenvalue weighted by Gasteiger charge is -2.40. The number of benzene rings is 1. The van der Waals surface area contributed by atoms with E-state index in [1.807, 2.05) is 0 Å². The van der Waals surface area contributed by atoms with Gasteiger partial charge in [0.1, 0.15) is 10.8 Å². The molecule has 0 radical (unpaired) electrons. The monoisotopic (exact) mass is 294 g/mol. The van der Waals surface area contributed by atoms with Crippen molar-refractivity contribution in [2.24, 2.45) is 11.7 Å². The quantitative estimate of drug-likeness (QED) is 0.829. The van der Waals surface area contributed by atoms with E-state index in [0.29, 0.717) is 29.3 Å². The van der Waals surface area contributed by atoms with Gasteiger partial charge >= 0.3 is 0 Å². The number of morpholine rings is 1. The van der Waals surface area contributed by atoms with E-state index in [-0.39, 0.29) is 11.7 Å². The number of primary amides is 1. The van der Waals surface area contributed by atoms with Crippen LogP contribution in [-0.2, 0) is 10.3 Å². The number of nitrogens with one attached hydrogen (secondary N) is 1.